The molecule has 2 amide bonds. The van der Waals surface area contributed by atoms with Crippen LogP contribution in [0.3, 0.4) is 0 Å². The molecule has 2 N–H and O–H groups in total. The maximum atomic E-state index is 12.8. The van der Waals surface area contributed by atoms with Crippen LogP contribution in [0, 0.1) is 6.92 Å². The average molecular weight is 405 g/mol. The molecular weight excluding hydrogens is 382 g/mol. The quantitative estimate of drug-likeness (QED) is 0.792. The molecule has 2 heterocycles. The standard InChI is InChI=1S/C19H23N3O5S/c1-13-9-12-27-18(13)19(24)21-16-7-10-22(11-8-16)28(25,26)17-5-3-15(4-6-17)20-14(2)23/h3-6,9,12,16H,7-8,10-11H2,1-2H3,(H,20,23)(H,21,24). The van der Waals surface area contributed by atoms with Crippen molar-refractivity contribution >= 4 is 27.5 Å². The summed E-state index contributed by atoms with van der Waals surface area (Å²) in [5, 5.41) is 5.51. The monoisotopic (exact) mass is 405 g/mol. The Hall–Kier alpha value is -2.65. The number of nitrogens with one attached hydrogen (secondary N) is 2. The van der Waals surface area contributed by atoms with Gasteiger partial charge < -0.3 is 15.1 Å². The SMILES string of the molecule is CC(=O)Nc1ccc(S(=O)(=O)N2CCC(NC(=O)c3occc3C)CC2)cc1. The van der Waals surface area contributed by atoms with Crippen LogP contribution in [0.25, 0.3) is 0 Å². The first-order chi connectivity index (χ1) is 13.3. The van der Waals surface area contributed by atoms with Crippen molar-refractivity contribution in [2.24, 2.45) is 0 Å². The lowest BCUT2D eigenvalue weighted by Gasteiger charge is -2.31. The molecule has 1 aliphatic heterocycles. The fourth-order valence-electron chi connectivity index (χ4n) is 3.16. The summed E-state index contributed by atoms with van der Waals surface area (Å²) in [5.41, 5.74) is 1.31. The first kappa shape index (κ1) is 20.1. The van der Waals surface area contributed by atoms with Crippen LogP contribution in [0.5, 0.6) is 0 Å². The summed E-state index contributed by atoms with van der Waals surface area (Å²) in [5.74, 6) is -0.212. The van der Waals surface area contributed by atoms with Gasteiger partial charge in [-0.05, 0) is 50.1 Å². The summed E-state index contributed by atoms with van der Waals surface area (Å²) < 4.78 is 32.2. The molecule has 3 rings (SSSR count). The third kappa shape index (κ3) is 4.42. The molecule has 8 nitrogen and oxygen atoms in total. The van der Waals surface area contributed by atoms with Gasteiger partial charge in [-0.15, -0.1) is 0 Å². The van der Waals surface area contributed by atoms with Gasteiger partial charge in [-0.2, -0.15) is 4.31 Å². The number of benzene rings is 1. The number of amides is 2. The molecule has 1 aliphatic rings. The first-order valence-electron chi connectivity index (χ1n) is 9.00. The number of furan rings is 1. The van der Waals surface area contributed by atoms with Gasteiger partial charge in [-0.1, -0.05) is 0 Å². The molecule has 0 unspecified atom stereocenters. The van der Waals surface area contributed by atoms with Crippen LogP contribution >= 0.6 is 0 Å². The van der Waals surface area contributed by atoms with Gasteiger partial charge >= 0.3 is 0 Å². The number of hydrogen-bond acceptors (Lipinski definition) is 5. The largest absolute Gasteiger partial charge is 0.459 e. The van der Waals surface area contributed by atoms with Gasteiger partial charge in [-0.3, -0.25) is 9.59 Å². The highest BCUT2D eigenvalue weighted by molar-refractivity contribution is 7.89. The number of piperidine rings is 1. The van der Waals surface area contributed by atoms with Crippen LogP contribution in [0.1, 0.15) is 35.9 Å². The van der Waals surface area contributed by atoms with Crippen molar-refractivity contribution in [1.82, 2.24) is 9.62 Å². The van der Waals surface area contributed by atoms with E-state index < -0.39 is 10.0 Å². The second-order valence-corrected chi connectivity index (χ2v) is 8.73. The molecule has 1 aromatic heterocycles. The number of rotatable bonds is 5. The van der Waals surface area contributed by atoms with Gasteiger partial charge in [0, 0.05) is 37.3 Å². The van der Waals surface area contributed by atoms with Gasteiger partial charge in [0.15, 0.2) is 5.76 Å². The molecule has 1 saturated heterocycles. The fraction of sp³-hybridized carbons (Fsp3) is 0.368. The fourth-order valence-corrected chi connectivity index (χ4v) is 4.63. The second kappa shape index (κ2) is 8.15. The minimum atomic E-state index is -3.62. The van der Waals surface area contributed by atoms with Gasteiger partial charge in [0.1, 0.15) is 0 Å². The molecule has 0 aliphatic carbocycles. The van der Waals surface area contributed by atoms with Crippen molar-refractivity contribution in [2.45, 2.75) is 37.6 Å². The van der Waals surface area contributed by atoms with Gasteiger partial charge in [0.25, 0.3) is 5.91 Å². The highest BCUT2D eigenvalue weighted by Gasteiger charge is 2.30. The van der Waals surface area contributed by atoms with Crippen LogP contribution in [0.4, 0.5) is 5.69 Å². The average Bonchev–Trinajstić information content (AvgIpc) is 3.08. The second-order valence-electron chi connectivity index (χ2n) is 6.79. The molecule has 1 fully saturated rings. The smallest absolute Gasteiger partial charge is 0.287 e. The maximum absolute atomic E-state index is 12.8. The van der Waals surface area contributed by atoms with Crippen molar-refractivity contribution in [3.63, 3.8) is 0 Å². The third-order valence-electron chi connectivity index (χ3n) is 4.67. The molecule has 9 heteroatoms. The molecule has 0 atom stereocenters. The Labute approximate surface area is 164 Å². The predicted octanol–water partition coefficient (Wildman–Crippen LogP) is 2.13. The topological polar surface area (TPSA) is 109 Å². The number of anilines is 1. The predicted molar refractivity (Wildman–Crippen MR) is 103 cm³/mol. The van der Waals surface area contributed by atoms with E-state index in [4.69, 9.17) is 4.42 Å². The van der Waals surface area contributed by atoms with Crippen LogP contribution < -0.4 is 10.6 Å². The molecule has 2 aromatic rings. The van der Waals surface area contributed by atoms with Crippen LogP contribution in [-0.4, -0.2) is 43.7 Å². The molecule has 0 spiro atoms. The minimum absolute atomic E-state index is 0.106. The van der Waals surface area contributed by atoms with Gasteiger partial charge in [0.2, 0.25) is 15.9 Å². The molecule has 1 aromatic carbocycles. The van der Waals surface area contributed by atoms with Crippen molar-refractivity contribution < 1.29 is 22.4 Å². The van der Waals surface area contributed by atoms with E-state index in [1.165, 1.54) is 29.6 Å². The van der Waals surface area contributed by atoms with Crippen LogP contribution in [0.15, 0.2) is 45.9 Å². The number of sulfonamides is 1. The summed E-state index contributed by atoms with van der Waals surface area (Å²) in [6, 6.07) is 7.70. The Kier molecular flexibility index (Phi) is 5.85. The van der Waals surface area contributed by atoms with E-state index in [2.05, 4.69) is 10.6 Å². The molecule has 0 bridgehead atoms. The lowest BCUT2D eigenvalue weighted by molar-refractivity contribution is -0.114. The molecule has 150 valence electrons. The van der Waals surface area contributed by atoms with Gasteiger partial charge in [0.05, 0.1) is 11.2 Å². The normalized spacial score (nSPS) is 15.9. The first-order valence-corrected chi connectivity index (χ1v) is 10.4. The summed E-state index contributed by atoms with van der Waals surface area (Å²) in [6.07, 6.45) is 2.51. The number of aryl methyl sites for hydroxylation is 1. The van der Waals surface area contributed by atoms with E-state index in [0.29, 0.717) is 31.6 Å². The van der Waals surface area contributed by atoms with Crippen molar-refractivity contribution in [3.05, 3.63) is 47.9 Å². The Morgan fingerprint density at radius 3 is 2.29 bits per heavy atom. The van der Waals surface area contributed by atoms with Crippen molar-refractivity contribution in [2.75, 3.05) is 18.4 Å². The Bertz CT molecular complexity index is 958. The zero-order valence-electron chi connectivity index (χ0n) is 15.8. The summed E-state index contributed by atoms with van der Waals surface area (Å²) >= 11 is 0. The van der Waals surface area contributed by atoms with Crippen molar-refractivity contribution in [1.29, 1.82) is 0 Å². The molecular formula is C19H23N3O5S. The number of hydrogen-bond donors (Lipinski definition) is 2. The van der Waals surface area contributed by atoms with E-state index in [0.717, 1.165) is 5.56 Å². The third-order valence-corrected chi connectivity index (χ3v) is 6.58. The lowest BCUT2D eigenvalue weighted by Crippen LogP contribution is -2.46. The van der Waals surface area contributed by atoms with E-state index in [9.17, 15) is 18.0 Å². The Morgan fingerprint density at radius 2 is 1.75 bits per heavy atom. The summed E-state index contributed by atoms with van der Waals surface area (Å²) in [6.45, 7) is 3.82. The highest BCUT2D eigenvalue weighted by Crippen LogP contribution is 2.22. The molecule has 0 saturated carbocycles. The molecule has 28 heavy (non-hydrogen) atoms. The van der Waals surface area contributed by atoms with E-state index in [1.807, 2.05) is 0 Å². The van der Waals surface area contributed by atoms with E-state index in [1.54, 1.807) is 25.1 Å². The van der Waals surface area contributed by atoms with E-state index in [-0.39, 0.29) is 28.5 Å². The maximum Gasteiger partial charge on any atom is 0.287 e. The van der Waals surface area contributed by atoms with Crippen LogP contribution in [0.2, 0.25) is 0 Å². The number of nitrogens with zero attached hydrogens (tertiary/aromatic N) is 1. The number of carbonyl (C=O) groups is 2. The van der Waals surface area contributed by atoms with E-state index >= 15 is 0 Å². The van der Waals surface area contributed by atoms with Gasteiger partial charge in [-0.25, -0.2) is 8.42 Å². The zero-order chi connectivity index (χ0) is 20.3. The summed E-state index contributed by atoms with van der Waals surface area (Å²) in [7, 11) is -3.62. The minimum Gasteiger partial charge on any atom is -0.459 e. The zero-order valence-corrected chi connectivity index (χ0v) is 16.6. The Morgan fingerprint density at radius 1 is 1.11 bits per heavy atom. The van der Waals surface area contributed by atoms with Crippen molar-refractivity contribution in [3.8, 4) is 0 Å². The molecule has 0 radical (unpaired) electrons. The van der Waals surface area contributed by atoms with Crippen LogP contribution in [-0.2, 0) is 14.8 Å². The highest BCUT2D eigenvalue weighted by atomic mass is 32.2. The summed E-state index contributed by atoms with van der Waals surface area (Å²) in [4.78, 5) is 23.5. The lowest BCUT2D eigenvalue weighted by atomic mass is 10.1. The number of carbonyl (C=O) groups excluding carboxylic acids is 2. The Balaban J connectivity index is 1.59.